The van der Waals surface area contributed by atoms with E-state index in [0.29, 0.717) is 6.54 Å². The van der Waals surface area contributed by atoms with Gasteiger partial charge in [0.05, 0.1) is 6.54 Å². The molecule has 3 heteroatoms. The van der Waals surface area contributed by atoms with Crippen molar-refractivity contribution < 1.29 is 4.79 Å². The lowest BCUT2D eigenvalue weighted by Gasteiger charge is -2.24. The van der Waals surface area contributed by atoms with E-state index >= 15 is 0 Å². The van der Waals surface area contributed by atoms with Crippen LogP contribution in [0.15, 0.2) is 0 Å². The average molecular weight is 228 g/mol. The fourth-order valence-electron chi connectivity index (χ4n) is 1.39. The van der Waals surface area contributed by atoms with Crippen LogP contribution in [0.5, 0.6) is 0 Å². The Bertz CT molecular complexity index is 190. The van der Waals surface area contributed by atoms with Crippen LogP contribution in [-0.2, 0) is 4.79 Å². The summed E-state index contributed by atoms with van der Waals surface area (Å²) in [4.78, 5) is 11.5. The average Bonchev–Trinajstić information content (AvgIpc) is 2.22. The monoisotopic (exact) mass is 228 g/mol. The van der Waals surface area contributed by atoms with Gasteiger partial charge in [-0.2, -0.15) is 0 Å². The molecule has 3 nitrogen and oxygen atoms in total. The van der Waals surface area contributed by atoms with E-state index in [0.717, 1.165) is 19.4 Å². The van der Waals surface area contributed by atoms with E-state index in [1.54, 1.807) is 0 Å². The molecule has 0 aromatic heterocycles. The first-order chi connectivity index (χ1) is 7.52. The summed E-state index contributed by atoms with van der Waals surface area (Å²) in [6.45, 7) is 9.76. The van der Waals surface area contributed by atoms with Gasteiger partial charge in [0.1, 0.15) is 0 Å². The fourth-order valence-corrected chi connectivity index (χ4v) is 1.39. The molecule has 0 bridgehead atoms. The number of unbranched alkanes of at least 4 members (excludes halogenated alkanes) is 3. The molecule has 2 N–H and O–H groups in total. The minimum atomic E-state index is -0.0824. The van der Waals surface area contributed by atoms with Gasteiger partial charge in [0.25, 0.3) is 0 Å². The van der Waals surface area contributed by atoms with E-state index in [2.05, 4.69) is 24.5 Å². The highest BCUT2D eigenvalue weighted by molar-refractivity contribution is 5.78. The number of carbonyl (C=O) groups excluding carboxylic acids is 1. The number of amides is 1. The molecule has 0 aliphatic heterocycles. The molecule has 0 aliphatic rings. The lowest BCUT2D eigenvalue weighted by molar-refractivity contribution is -0.121. The topological polar surface area (TPSA) is 41.1 Å². The largest absolute Gasteiger partial charge is 0.350 e. The minimum Gasteiger partial charge on any atom is -0.350 e. The molecule has 0 radical (unpaired) electrons. The number of nitrogens with one attached hydrogen (secondary N) is 2. The second-order valence-electron chi connectivity index (χ2n) is 5.02. The molecule has 0 fully saturated rings. The van der Waals surface area contributed by atoms with Gasteiger partial charge in [0.2, 0.25) is 5.91 Å². The van der Waals surface area contributed by atoms with Crippen molar-refractivity contribution in [1.29, 1.82) is 0 Å². The number of hydrogen-bond acceptors (Lipinski definition) is 2. The molecule has 0 unspecified atom stereocenters. The molecule has 0 aromatic carbocycles. The van der Waals surface area contributed by atoms with Gasteiger partial charge < -0.3 is 10.6 Å². The lowest BCUT2D eigenvalue weighted by Crippen LogP contribution is -2.46. The van der Waals surface area contributed by atoms with Crippen LogP contribution in [0.4, 0.5) is 0 Å². The van der Waals surface area contributed by atoms with Crippen LogP contribution < -0.4 is 10.6 Å². The predicted molar refractivity (Wildman–Crippen MR) is 69.5 cm³/mol. The van der Waals surface area contributed by atoms with Gasteiger partial charge in [-0.3, -0.25) is 4.79 Å². The quantitative estimate of drug-likeness (QED) is 0.595. The second kappa shape index (κ2) is 8.57. The van der Waals surface area contributed by atoms with Gasteiger partial charge in [-0.1, -0.05) is 33.1 Å². The summed E-state index contributed by atoms with van der Waals surface area (Å²) in [6, 6.07) is 0. The van der Waals surface area contributed by atoms with E-state index in [9.17, 15) is 4.79 Å². The molecule has 0 aliphatic carbocycles. The van der Waals surface area contributed by atoms with Gasteiger partial charge in [0, 0.05) is 5.54 Å². The Morgan fingerprint density at radius 2 is 1.81 bits per heavy atom. The smallest absolute Gasteiger partial charge is 0.234 e. The molecular weight excluding hydrogens is 200 g/mol. The van der Waals surface area contributed by atoms with Crippen LogP contribution in [0.2, 0.25) is 0 Å². The third-order valence-corrected chi connectivity index (χ3v) is 2.85. The molecule has 0 rings (SSSR count). The first kappa shape index (κ1) is 15.4. The second-order valence-corrected chi connectivity index (χ2v) is 5.02. The zero-order valence-corrected chi connectivity index (χ0v) is 11.4. The SMILES string of the molecule is CCCCCCNCC(=O)NC(C)(C)CC. The molecule has 0 spiro atoms. The normalized spacial score (nSPS) is 11.5. The van der Waals surface area contributed by atoms with Crippen molar-refractivity contribution >= 4 is 5.91 Å². The Kier molecular flexibility index (Phi) is 8.26. The Morgan fingerprint density at radius 3 is 2.38 bits per heavy atom. The zero-order chi connectivity index (χ0) is 12.4. The van der Waals surface area contributed by atoms with Crippen molar-refractivity contribution in [1.82, 2.24) is 10.6 Å². The highest BCUT2D eigenvalue weighted by Gasteiger charge is 2.16. The van der Waals surface area contributed by atoms with E-state index in [-0.39, 0.29) is 11.4 Å². The third kappa shape index (κ3) is 8.72. The fraction of sp³-hybridized carbons (Fsp3) is 0.923. The van der Waals surface area contributed by atoms with Crippen LogP contribution in [0.1, 0.15) is 59.8 Å². The standard InChI is InChI=1S/C13H28N2O/c1-5-7-8-9-10-14-11-12(16)15-13(3,4)6-2/h14H,5-11H2,1-4H3,(H,15,16). The van der Waals surface area contributed by atoms with Crippen LogP contribution in [0.25, 0.3) is 0 Å². The summed E-state index contributed by atoms with van der Waals surface area (Å²) in [5, 5.41) is 6.19. The van der Waals surface area contributed by atoms with Crippen molar-refractivity contribution in [2.45, 2.75) is 65.3 Å². The van der Waals surface area contributed by atoms with E-state index in [1.165, 1.54) is 19.3 Å². The Morgan fingerprint density at radius 1 is 1.12 bits per heavy atom. The molecule has 0 saturated heterocycles. The molecular formula is C13H28N2O. The summed E-state index contributed by atoms with van der Waals surface area (Å²) >= 11 is 0. The van der Waals surface area contributed by atoms with E-state index in [4.69, 9.17) is 0 Å². The van der Waals surface area contributed by atoms with Gasteiger partial charge in [0.15, 0.2) is 0 Å². The van der Waals surface area contributed by atoms with Crippen LogP contribution in [-0.4, -0.2) is 24.5 Å². The van der Waals surface area contributed by atoms with Gasteiger partial charge >= 0.3 is 0 Å². The predicted octanol–water partition coefficient (Wildman–Crippen LogP) is 2.46. The number of rotatable bonds is 9. The number of hydrogen-bond donors (Lipinski definition) is 2. The van der Waals surface area contributed by atoms with Crippen molar-refractivity contribution in [3.05, 3.63) is 0 Å². The summed E-state index contributed by atoms with van der Waals surface area (Å²) in [7, 11) is 0. The Labute approximate surface area is 100 Å². The highest BCUT2D eigenvalue weighted by Crippen LogP contribution is 2.05. The molecule has 16 heavy (non-hydrogen) atoms. The van der Waals surface area contributed by atoms with Crippen LogP contribution in [0.3, 0.4) is 0 Å². The molecule has 96 valence electrons. The Hall–Kier alpha value is -0.570. The molecule has 0 saturated carbocycles. The molecule has 0 heterocycles. The van der Waals surface area contributed by atoms with Gasteiger partial charge in [-0.15, -0.1) is 0 Å². The summed E-state index contributed by atoms with van der Waals surface area (Å²) in [6.07, 6.45) is 5.92. The van der Waals surface area contributed by atoms with E-state index < -0.39 is 0 Å². The maximum absolute atomic E-state index is 11.5. The number of carbonyl (C=O) groups is 1. The molecule has 1 amide bonds. The summed E-state index contributed by atoms with van der Waals surface area (Å²) < 4.78 is 0. The van der Waals surface area contributed by atoms with Crippen molar-refractivity contribution in [2.24, 2.45) is 0 Å². The summed E-state index contributed by atoms with van der Waals surface area (Å²) in [5.74, 6) is 0.0994. The first-order valence-electron chi connectivity index (χ1n) is 6.53. The first-order valence-corrected chi connectivity index (χ1v) is 6.53. The third-order valence-electron chi connectivity index (χ3n) is 2.85. The van der Waals surface area contributed by atoms with E-state index in [1.807, 2.05) is 13.8 Å². The van der Waals surface area contributed by atoms with Crippen molar-refractivity contribution in [3.63, 3.8) is 0 Å². The molecule has 0 atom stereocenters. The molecule has 0 aromatic rings. The maximum Gasteiger partial charge on any atom is 0.234 e. The zero-order valence-electron chi connectivity index (χ0n) is 11.4. The highest BCUT2D eigenvalue weighted by atomic mass is 16.2. The van der Waals surface area contributed by atoms with Crippen LogP contribution >= 0.6 is 0 Å². The summed E-state index contributed by atoms with van der Waals surface area (Å²) in [5.41, 5.74) is -0.0824. The van der Waals surface area contributed by atoms with Crippen LogP contribution in [0, 0.1) is 0 Å². The van der Waals surface area contributed by atoms with Gasteiger partial charge in [-0.05, 0) is 33.2 Å². The maximum atomic E-state index is 11.5. The lowest BCUT2D eigenvalue weighted by atomic mass is 10.0. The minimum absolute atomic E-state index is 0.0824. The van der Waals surface area contributed by atoms with Crippen molar-refractivity contribution in [2.75, 3.05) is 13.1 Å². The van der Waals surface area contributed by atoms with Crippen molar-refractivity contribution in [3.8, 4) is 0 Å². The van der Waals surface area contributed by atoms with Gasteiger partial charge in [-0.25, -0.2) is 0 Å². The Balaban J connectivity index is 3.44.